The molecule has 124 valence electrons. The number of nitro groups is 1. The van der Waals surface area contributed by atoms with E-state index in [4.69, 9.17) is 0 Å². The Morgan fingerprint density at radius 3 is 2.96 bits per heavy atom. The summed E-state index contributed by atoms with van der Waals surface area (Å²) in [4.78, 5) is 19.0. The Morgan fingerprint density at radius 2 is 2.17 bits per heavy atom. The molecule has 0 aliphatic carbocycles. The Kier molecular flexibility index (Phi) is 4.37. The number of pyridine rings is 1. The summed E-state index contributed by atoms with van der Waals surface area (Å²) in [6, 6.07) is 6.96. The van der Waals surface area contributed by atoms with Gasteiger partial charge >= 0.3 is 5.69 Å². The maximum Gasteiger partial charge on any atom is 0.311 e. The molecule has 3 heterocycles. The Labute approximate surface area is 138 Å². The third-order valence-corrected chi connectivity index (χ3v) is 3.67. The van der Waals surface area contributed by atoms with Crippen LogP contribution in [-0.2, 0) is 6.42 Å². The lowest BCUT2D eigenvalue weighted by molar-refractivity contribution is -0.384. The van der Waals surface area contributed by atoms with Gasteiger partial charge in [-0.15, -0.1) is 0 Å². The number of rotatable bonds is 6. The number of hydrogen-bond donors (Lipinski definition) is 1. The molecule has 8 nitrogen and oxygen atoms in total. The fourth-order valence-electron chi connectivity index (χ4n) is 2.61. The lowest BCUT2D eigenvalue weighted by atomic mass is 10.2. The molecule has 0 saturated carbocycles. The van der Waals surface area contributed by atoms with Crippen LogP contribution in [0.2, 0.25) is 0 Å². The van der Waals surface area contributed by atoms with Gasteiger partial charge in [-0.2, -0.15) is 5.10 Å². The topological polar surface area (TPSA) is 98.2 Å². The molecule has 0 aliphatic rings. The van der Waals surface area contributed by atoms with E-state index in [-0.39, 0.29) is 5.69 Å². The first kappa shape index (κ1) is 15.9. The molecule has 3 rings (SSSR count). The van der Waals surface area contributed by atoms with Crippen molar-refractivity contribution in [2.75, 3.05) is 11.9 Å². The minimum absolute atomic E-state index is 0.0134. The average molecular weight is 326 g/mol. The van der Waals surface area contributed by atoms with Gasteiger partial charge < -0.3 is 5.32 Å². The van der Waals surface area contributed by atoms with Gasteiger partial charge in [-0.3, -0.25) is 10.1 Å². The number of hydrogen-bond acceptors (Lipinski definition) is 6. The van der Waals surface area contributed by atoms with Gasteiger partial charge in [-0.05, 0) is 38.8 Å². The highest BCUT2D eigenvalue weighted by Gasteiger charge is 2.13. The SMILES string of the molecule is Cc1cc(C)n2nc(CCCNc3ncccc3[N+](=O)[O-])cc2n1. The normalized spacial score (nSPS) is 10.9. The lowest BCUT2D eigenvalue weighted by Crippen LogP contribution is -2.07. The zero-order chi connectivity index (χ0) is 17.1. The molecule has 0 fully saturated rings. The highest BCUT2D eigenvalue weighted by atomic mass is 16.6. The van der Waals surface area contributed by atoms with E-state index in [0.717, 1.165) is 35.6 Å². The molecule has 0 bridgehead atoms. The van der Waals surface area contributed by atoms with Crippen LogP contribution in [0.4, 0.5) is 11.5 Å². The van der Waals surface area contributed by atoms with E-state index in [2.05, 4.69) is 20.4 Å². The van der Waals surface area contributed by atoms with Crippen molar-refractivity contribution in [2.24, 2.45) is 0 Å². The van der Waals surface area contributed by atoms with Gasteiger partial charge in [0.05, 0.1) is 10.6 Å². The predicted octanol–water partition coefficient (Wildman–Crippen LogP) is 2.69. The molecule has 8 heteroatoms. The van der Waals surface area contributed by atoms with Crippen molar-refractivity contribution < 1.29 is 4.92 Å². The van der Waals surface area contributed by atoms with Crippen LogP contribution in [0.1, 0.15) is 23.5 Å². The molecule has 0 spiro atoms. The smallest absolute Gasteiger partial charge is 0.311 e. The molecular weight excluding hydrogens is 308 g/mol. The largest absolute Gasteiger partial charge is 0.364 e. The van der Waals surface area contributed by atoms with Crippen molar-refractivity contribution >= 4 is 17.2 Å². The fraction of sp³-hybridized carbons (Fsp3) is 0.312. The molecule has 0 amide bonds. The quantitative estimate of drug-likeness (QED) is 0.425. The first-order valence-electron chi connectivity index (χ1n) is 7.71. The van der Waals surface area contributed by atoms with Crippen molar-refractivity contribution in [3.63, 3.8) is 0 Å². The van der Waals surface area contributed by atoms with Gasteiger partial charge in [-0.1, -0.05) is 0 Å². The van der Waals surface area contributed by atoms with Crippen LogP contribution in [0.3, 0.4) is 0 Å². The number of anilines is 1. The van der Waals surface area contributed by atoms with Gasteiger partial charge in [0.15, 0.2) is 5.65 Å². The van der Waals surface area contributed by atoms with E-state index < -0.39 is 4.92 Å². The zero-order valence-corrected chi connectivity index (χ0v) is 13.6. The highest BCUT2D eigenvalue weighted by Crippen LogP contribution is 2.20. The molecule has 0 radical (unpaired) electrons. The molecular formula is C16H18N6O2. The van der Waals surface area contributed by atoms with E-state index in [1.807, 2.05) is 30.5 Å². The second kappa shape index (κ2) is 6.61. The molecule has 0 unspecified atom stereocenters. The summed E-state index contributed by atoms with van der Waals surface area (Å²) in [6.07, 6.45) is 3.08. The number of nitrogens with zero attached hydrogens (tertiary/aromatic N) is 5. The lowest BCUT2D eigenvalue weighted by Gasteiger charge is -2.04. The number of aryl methyl sites for hydroxylation is 3. The standard InChI is InChI=1S/C16H18N6O2/c1-11-9-12(2)21-15(19-11)10-13(20-21)5-3-7-17-16-14(22(23)24)6-4-8-18-16/h4,6,8-10H,3,5,7H2,1-2H3,(H,17,18). The average Bonchev–Trinajstić information content (AvgIpc) is 2.95. The Morgan fingerprint density at radius 1 is 1.33 bits per heavy atom. The van der Waals surface area contributed by atoms with Crippen molar-refractivity contribution in [2.45, 2.75) is 26.7 Å². The van der Waals surface area contributed by atoms with Gasteiger partial charge in [0.2, 0.25) is 5.82 Å². The maximum absolute atomic E-state index is 10.9. The minimum Gasteiger partial charge on any atom is -0.364 e. The molecule has 3 aromatic rings. The summed E-state index contributed by atoms with van der Waals surface area (Å²) in [7, 11) is 0. The third-order valence-electron chi connectivity index (χ3n) is 3.67. The molecule has 0 saturated heterocycles. The summed E-state index contributed by atoms with van der Waals surface area (Å²) in [5.74, 6) is 0.297. The van der Waals surface area contributed by atoms with Crippen LogP contribution in [0.15, 0.2) is 30.5 Å². The number of aromatic nitrogens is 4. The van der Waals surface area contributed by atoms with Gasteiger partial charge in [0.25, 0.3) is 0 Å². The fourth-order valence-corrected chi connectivity index (χ4v) is 2.61. The summed E-state index contributed by atoms with van der Waals surface area (Å²) in [5.41, 5.74) is 3.80. The highest BCUT2D eigenvalue weighted by molar-refractivity contribution is 5.54. The Balaban J connectivity index is 1.61. The Hall–Kier alpha value is -3.03. The van der Waals surface area contributed by atoms with E-state index in [1.54, 1.807) is 6.07 Å². The second-order valence-corrected chi connectivity index (χ2v) is 5.60. The number of fused-ring (bicyclic) bond motifs is 1. The van der Waals surface area contributed by atoms with Crippen molar-refractivity contribution in [3.05, 3.63) is 57.7 Å². The minimum atomic E-state index is -0.436. The van der Waals surface area contributed by atoms with Crippen LogP contribution in [0.5, 0.6) is 0 Å². The van der Waals surface area contributed by atoms with E-state index in [1.165, 1.54) is 12.3 Å². The molecule has 0 aromatic carbocycles. The van der Waals surface area contributed by atoms with E-state index >= 15 is 0 Å². The van der Waals surface area contributed by atoms with Crippen molar-refractivity contribution in [1.82, 2.24) is 19.6 Å². The van der Waals surface area contributed by atoms with Gasteiger partial charge in [0.1, 0.15) is 0 Å². The molecule has 0 aliphatic heterocycles. The predicted molar refractivity (Wildman–Crippen MR) is 90.2 cm³/mol. The molecule has 1 N–H and O–H groups in total. The molecule has 3 aromatic heterocycles. The first-order valence-corrected chi connectivity index (χ1v) is 7.71. The summed E-state index contributed by atoms with van der Waals surface area (Å²) in [5, 5.41) is 18.5. The first-order chi connectivity index (χ1) is 11.5. The van der Waals surface area contributed by atoms with E-state index in [9.17, 15) is 10.1 Å². The van der Waals surface area contributed by atoms with Crippen LogP contribution >= 0.6 is 0 Å². The monoisotopic (exact) mass is 326 g/mol. The third kappa shape index (κ3) is 3.32. The molecule has 0 atom stereocenters. The molecule has 24 heavy (non-hydrogen) atoms. The summed E-state index contributed by atoms with van der Waals surface area (Å²) < 4.78 is 1.83. The van der Waals surface area contributed by atoms with Crippen LogP contribution in [-0.4, -0.2) is 31.1 Å². The van der Waals surface area contributed by atoms with Crippen LogP contribution in [0, 0.1) is 24.0 Å². The van der Waals surface area contributed by atoms with E-state index in [0.29, 0.717) is 12.4 Å². The van der Waals surface area contributed by atoms with Crippen molar-refractivity contribution in [1.29, 1.82) is 0 Å². The maximum atomic E-state index is 10.9. The van der Waals surface area contributed by atoms with Crippen LogP contribution < -0.4 is 5.32 Å². The number of nitrogens with one attached hydrogen (secondary N) is 1. The zero-order valence-electron chi connectivity index (χ0n) is 13.6. The van der Waals surface area contributed by atoms with Crippen LogP contribution in [0.25, 0.3) is 5.65 Å². The van der Waals surface area contributed by atoms with Crippen molar-refractivity contribution in [3.8, 4) is 0 Å². The second-order valence-electron chi connectivity index (χ2n) is 5.60. The summed E-state index contributed by atoms with van der Waals surface area (Å²) in [6.45, 7) is 4.54. The van der Waals surface area contributed by atoms with Gasteiger partial charge in [-0.25, -0.2) is 14.5 Å². The van der Waals surface area contributed by atoms with Gasteiger partial charge in [0, 0.05) is 36.3 Å². The Bertz CT molecular complexity index is 889. The summed E-state index contributed by atoms with van der Waals surface area (Å²) >= 11 is 0.